The first-order valence-electron chi connectivity index (χ1n) is 4.77. The number of nitrogens with zero attached hydrogens (tertiary/aromatic N) is 2. The van der Waals surface area contributed by atoms with Crippen LogP contribution in [0.15, 0.2) is 23.4 Å². The van der Waals surface area contributed by atoms with Crippen LogP contribution >= 0.6 is 34.7 Å². The van der Waals surface area contributed by atoms with E-state index in [4.69, 9.17) is 11.6 Å². The summed E-state index contributed by atoms with van der Waals surface area (Å²) in [4.78, 5) is 10.9. The normalized spacial score (nSPS) is 10.9. The molecular weight excluding hydrogens is 260 g/mol. The van der Waals surface area contributed by atoms with Crippen molar-refractivity contribution >= 4 is 44.9 Å². The molecule has 0 aromatic carbocycles. The molecule has 0 N–H and O–H groups in total. The molecule has 0 bridgehead atoms. The van der Waals surface area contributed by atoms with Gasteiger partial charge in [0, 0.05) is 16.0 Å². The lowest BCUT2D eigenvalue weighted by atomic mass is 10.4. The molecule has 0 radical (unpaired) electrons. The first-order valence-corrected chi connectivity index (χ1v) is 6.95. The molecule has 2 rings (SSSR count). The molecule has 0 saturated heterocycles. The number of hydrogen-bond donors (Lipinski definition) is 0. The molecule has 5 heteroatoms. The van der Waals surface area contributed by atoms with Gasteiger partial charge in [-0.2, -0.15) is 0 Å². The molecule has 0 unspecified atom stereocenters. The van der Waals surface area contributed by atoms with Crippen LogP contribution in [0, 0.1) is 6.92 Å². The van der Waals surface area contributed by atoms with Gasteiger partial charge in [-0.25, -0.2) is 9.97 Å². The minimum Gasteiger partial charge on any atom is -0.211 e. The van der Waals surface area contributed by atoms with Crippen molar-refractivity contribution in [3.8, 4) is 0 Å². The summed E-state index contributed by atoms with van der Waals surface area (Å²) in [6.07, 6.45) is 0. The largest absolute Gasteiger partial charge is 0.211 e. The second-order valence-electron chi connectivity index (χ2n) is 3.62. The number of hydrogen-bond acceptors (Lipinski definition) is 4. The highest BCUT2D eigenvalue weighted by Crippen LogP contribution is 2.30. The quantitative estimate of drug-likeness (QED) is 0.359. The summed E-state index contributed by atoms with van der Waals surface area (Å²) >= 11 is 9.32. The van der Waals surface area contributed by atoms with Crippen LogP contribution in [0.2, 0.25) is 5.15 Å². The minimum atomic E-state index is 0.540. The van der Waals surface area contributed by atoms with Gasteiger partial charge >= 0.3 is 0 Å². The summed E-state index contributed by atoms with van der Waals surface area (Å²) in [6.45, 7) is 7.89. The average Bonchev–Trinajstić information content (AvgIpc) is 2.56. The van der Waals surface area contributed by atoms with Crippen molar-refractivity contribution in [2.75, 3.05) is 5.75 Å². The molecule has 16 heavy (non-hydrogen) atoms. The molecule has 0 amide bonds. The molecule has 2 nitrogen and oxygen atoms in total. The zero-order valence-corrected chi connectivity index (χ0v) is 11.5. The third kappa shape index (κ3) is 2.56. The lowest BCUT2D eigenvalue weighted by Gasteiger charge is -2.00. The third-order valence-electron chi connectivity index (χ3n) is 1.90. The number of fused-ring (bicyclic) bond motifs is 1. The summed E-state index contributed by atoms with van der Waals surface area (Å²) in [7, 11) is 0. The van der Waals surface area contributed by atoms with E-state index in [1.54, 1.807) is 23.1 Å². The van der Waals surface area contributed by atoms with Crippen LogP contribution in [-0.4, -0.2) is 15.7 Å². The Labute approximate surface area is 108 Å². The number of rotatable bonds is 3. The molecule has 0 aliphatic rings. The first-order chi connectivity index (χ1) is 7.56. The Hall–Kier alpha value is -0.580. The molecule has 0 saturated carbocycles. The van der Waals surface area contributed by atoms with Crippen molar-refractivity contribution in [2.24, 2.45) is 0 Å². The van der Waals surface area contributed by atoms with Crippen LogP contribution < -0.4 is 0 Å². The Morgan fingerprint density at radius 3 is 3.00 bits per heavy atom. The first kappa shape index (κ1) is 11.9. The smallest absolute Gasteiger partial charge is 0.190 e. The number of aromatic nitrogens is 2. The Bertz CT molecular complexity index is 548. The molecular formula is C11H11ClN2S2. The van der Waals surface area contributed by atoms with Gasteiger partial charge in [0.2, 0.25) is 0 Å². The average molecular weight is 271 g/mol. The molecule has 2 aromatic rings. The van der Waals surface area contributed by atoms with E-state index in [9.17, 15) is 0 Å². The van der Waals surface area contributed by atoms with Gasteiger partial charge < -0.3 is 0 Å². The van der Waals surface area contributed by atoms with Crippen molar-refractivity contribution in [1.82, 2.24) is 9.97 Å². The van der Waals surface area contributed by atoms with Crippen LogP contribution in [0.25, 0.3) is 10.2 Å². The van der Waals surface area contributed by atoms with E-state index < -0.39 is 0 Å². The van der Waals surface area contributed by atoms with E-state index in [0.29, 0.717) is 5.15 Å². The Kier molecular flexibility index (Phi) is 3.52. The van der Waals surface area contributed by atoms with Gasteiger partial charge in [0.1, 0.15) is 9.98 Å². The van der Waals surface area contributed by atoms with Crippen molar-refractivity contribution in [3.63, 3.8) is 0 Å². The minimum absolute atomic E-state index is 0.540. The van der Waals surface area contributed by atoms with Gasteiger partial charge in [0.15, 0.2) is 5.16 Å². The molecule has 0 spiro atoms. The van der Waals surface area contributed by atoms with E-state index in [0.717, 1.165) is 26.7 Å². The van der Waals surface area contributed by atoms with E-state index in [1.807, 2.05) is 19.9 Å². The van der Waals surface area contributed by atoms with Crippen LogP contribution in [0.5, 0.6) is 0 Å². The lowest BCUT2D eigenvalue weighted by Crippen LogP contribution is -1.89. The number of thiophene rings is 1. The van der Waals surface area contributed by atoms with Crippen molar-refractivity contribution in [2.45, 2.75) is 19.0 Å². The zero-order valence-electron chi connectivity index (χ0n) is 9.08. The Morgan fingerprint density at radius 1 is 1.56 bits per heavy atom. The maximum Gasteiger partial charge on any atom is 0.190 e. The van der Waals surface area contributed by atoms with Gasteiger partial charge in [0.25, 0.3) is 0 Å². The van der Waals surface area contributed by atoms with Gasteiger partial charge in [-0.1, -0.05) is 35.5 Å². The fraction of sp³-hybridized carbons (Fsp3) is 0.273. The topological polar surface area (TPSA) is 25.8 Å². The summed E-state index contributed by atoms with van der Waals surface area (Å²) in [5.74, 6) is 0.826. The predicted molar refractivity (Wildman–Crippen MR) is 72.7 cm³/mol. The SMILES string of the molecule is C=C(C)CSc1nc(Cl)c2cc(C)sc2n1. The van der Waals surface area contributed by atoms with Gasteiger partial charge in [-0.3, -0.25) is 0 Å². The number of aryl methyl sites for hydroxylation is 1. The Balaban J connectivity index is 2.37. The van der Waals surface area contributed by atoms with Crippen molar-refractivity contribution in [1.29, 1.82) is 0 Å². The monoisotopic (exact) mass is 270 g/mol. The summed E-state index contributed by atoms with van der Waals surface area (Å²) in [6, 6.07) is 2.02. The van der Waals surface area contributed by atoms with Crippen molar-refractivity contribution < 1.29 is 0 Å². The molecule has 0 aliphatic heterocycles. The molecule has 0 aliphatic carbocycles. The van der Waals surface area contributed by atoms with Crippen LogP contribution in [0.1, 0.15) is 11.8 Å². The van der Waals surface area contributed by atoms with Crippen molar-refractivity contribution in [3.05, 3.63) is 28.2 Å². The molecule has 84 valence electrons. The van der Waals surface area contributed by atoms with E-state index in [-0.39, 0.29) is 0 Å². The maximum atomic E-state index is 6.11. The Morgan fingerprint density at radius 2 is 2.31 bits per heavy atom. The van der Waals surface area contributed by atoms with Gasteiger partial charge in [-0.15, -0.1) is 11.3 Å². The standard InChI is InChI=1S/C11H11ClN2S2/c1-6(2)5-15-11-13-9(12)8-4-7(3)16-10(8)14-11/h4H,1,5H2,2-3H3. The second kappa shape index (κ2) is 4.73. The van der Waals surface area contributed by atoms with Crippen LogP contribution in [0.3, 0.4) is 0 Å². The third-order valence-corrected chi connectivity index (χ3v) is 4.21. The summed E-state index contributed by atoms with van der Waals surface area (Å²) in [5, 5.41) is 2.21. The number of halogens is 1. The highest BCUT2D eigenvalue weighted by Gasteiger charge is 2.09. The zero-order chi connectivity index (χ0) is 11.7. The molecule has 2 aromatic heterocycles. The van der Waals surface area contributed by atoms with Crippen LogP contribution in [0.4, 0.5) is 0 Å². The summed E-state index contributed by atoms with van der Waals surface area (Å²) < 4.78 is 0. The highest BCUT2D eigenvalue weighted by atomic mass is 35.5. The maximum absolute atomic E-state index is 6.11. The van der Waals surface area contributed by atoms with Gasteiger partial charge in [0.05, 0.1) is 0 Å². The summed E-state index contributed by atoms with van der Waals surface area (Å²) in [5.41, 5.74) is 1.10. The lowest BCUT2D eigenvalue weighted by molar-refractivity contribution is 1.01. The predicted octanol–water partition coefficient (Wildman–Crippen LogP) is 4.32. The van der Waals surface area contributed by atoms with E-state index in [1.165, 1.54) is 4.88 Å². The fourth-order valence-electron chi connectivity index (χ4n) is 1.24. The fourth-order valence-corrected chi connectivity index (χ4v) is 3.20. The van der Waals surface area contributed by atoms with E-state index in [2.05, 4.69) is 16.5 Å². The highest BCUT2D eigenvalue weighted by molar-refractivity contribution is 7.99. The molecule has 0 atom stereocenters. The second-order valence-corrected chi connectivity index (χ2v) is 6.15. The molecule has 2 heterocycles. The van der Waals surface area contributed by atoms with E-state index >= 15 is 0 Å². The molecule has 0 fully saturated rings. The van der Waals surface area contributed by atoms with Gasteiger partial charge in [-0.05, 0) is 19.9 Å². The number of thioether (sulfide) groups is 1. The van der Waals surface area contributed by atoms with Crippen LogP contribution in [-0.2, 0) is 0 Å².